The van der Waals surface area contributed by atoms with Gasteiger partial charge in [-0.3, -0.25) is 4.79 Å². The molecule has 1 aromatic carbocycles. The van der Waals surface area contributed by atoms with Crippen LogP contribution in [0, 0.1) is 0 Å². The number of phenols is 2. The van der Waals surface area contributed by atoms with Gasteiger partial charge in [0.1, 0.15) is 23.2 Å². The lowest BCUT2D eigenvalue weighted by molar-refractivity contribution is -0.114. The third kappa shape index (κ3) is 4.38. The highest BCUT2D eigenvalue weighted by Gasteiger charge is 2.25. The van der Waals surface area contributed by atoms with Crippen LogP contribution in [0.1, 0.15) is 42.1 Å². The molecule has 0 aliphatic carbocycles. The summed E-state index contributed by atoms with van der Waals surface area (Å²) in [5.41, 5.74) is -0.124. The molecule has 0 saturated carbocycles. The fourth-order valence-electron chi connectivity index (χ4n) is 2.41. The molecule has 1 aromatic rings. The highest BCUT2D eigenvalue weighted by atomic mass is 35.5. The molecule has 24 heavy (non-hydrogen) atoms. The van der Waals surface area contributed by atoms with E-state index in [0.29, 0.717) is 12.8 Å². The Hall–Kier alpha value is -2.27. The van der Waals surface area contributed by atoms with Crippen LogP contribution in [0.5, 0.6) is 11.5 Å². The molecule has 1 heterocycles. The van der Waals surface area contributed by atoms with Crippen LogP contribution in [0.2, 0.25) is 5.02 Å². The number of cyclic esters (lactones) is 1. The maximum absolute atomic E-state index is 12.4. The molecular weight excluding hydrogens is 332 g/mol. The van der Waals surface area contributed by atoms with Crippen molar-refractivity contribution in [2.45, 2.75) is 38.7 Å². The summed E-state index contributed by atoms with van der Waals surface area (Å²) in [6, 6.07) is 0.969. The van der Waals surface area contributed by atoms with Crippen LogP contribution in [0.4, 0.5) is 0 Å². The number of aromatic hydroxyl groups is 2. The van der Waals surface area contributed by atoms with E-state index in [1.807, 2.05) is 12.2 Å². The number of benzene rings is 1. The monoisotopic (exact) mass is 350 g/mol. The fraction of sp³-hybridized carbons (Fsp3) is 0.333. The molecule has 0 spiro atoms. The molecule has 0 aromatic heterocycles. The first-order valence-corrected chi connectivity index (χ1v) is 8.06. The van der Waals surface area contributed by atoms with Crippen molar-refractivity contribution < 1.29 is 24.5 Å². The fourth-order valence-corrected chi connectivity index (χ4v) is 2.63. The quantitative estimate of drug-likeness (QED) is 0.550. The van der Waals surface area contributed by atoms with Crippen LogP contribution in [-0.2, 0) is 16.0 Å². The summed E-state index contributed by atoms with van der Waals surface area (Å²) in [6.07, 6.45) is 8.44. The molecule has 0 bridgehead atoms. The molecule has 5 nitrogen and oxygen atoms in total. The lowest BCUT2D eigenvalue weighted by Gasteiger charge is -2.16. The molecule has 2 N–H and O–H groups in total. The Morgan fingerprint density at radius 1 is 1.12 bits per heavy atom. The molecule has 0 fully saturated rings. The minimum Gasteiger partial charge on any atom is -0.507 e. The zero-order valence-corrected chi connectivity index (χ0v) is 14.0. The van der Waals surface area contributed by atoms with Gasteiger partial charge in [0.05, 0.1) is 5.02 Å². The highest BCUT2D eigenvalue weighted by Crippen LogP contribution is 2.37. The van der Waals surface area contributed by atoms with Crippen molar-refractivity contribution >= 4 is 23.4 Å². The van der Waals surface area contributed by atoms with Crippen LogP contribution in [0.3, 0.4) is 0 Å². The minimum atomic E-state index is -0.779. The third-order valence-corrected chi connectivity index (χ3v) is 4.04. The van der Waals surface area contributed by atoms with E-state index in [0.717, 1.165) is 12.5 Å². The Kier molecular flexibility index (Phi) is 6.04. The van der Waals surface area contributed by atoms with E-state index < -0.39 is 23.6 Å². The van der Waals surface area contributed by atoms with Crippen molar-refractivity contribution in [3.63, 3.8) is 0 Å². The first-order valence-electron chi connectivity index (χ1n) is 7.68. The van der Waals surface area contributed by atoms with Gasteiger partial charge in [0.15, 0.2) is 5.78 Å². The number of rotatable bonds is 0. The van der Waals surface area contributed by atoms with Gasteiger partial charge < -0.3 is 14.9 Å². The maximum Gasteiger partial charge on any atom is 0.342 e. The van der Waals surface area contributed by atoms with E-state index in [4.69, 9.17) is 16.3 Å². The first kappa shape index (κ1) is 18.1. The van der Waals surface area contributed by atoms with E-state index in [1.54, 1.807) is 13.0 Å². The Labute approximate surface area is 145 Å². The smallest absolute Gasteiger partial charge is 0.342 e. The zero-order chi connectivity index (χ0) is 17.7. The van der Waals surface area contributed by atoms with Gasteiger partial charge in [-0.05, 0) is 25.8 Å². The van der Waals surface area contributed by atoms with Crippen LogP contribution >= 0.6 is 11.6 Å². The predicted octanol–water partition coefficient (Wildman–Crippen LogP) is 3.70. The van der Waals surface area contributed by atoms with E-state index in [1.165, 1.54) is 6.08 Å². The lowest BCUT2D eigenvalue weighted by Crippen LogP contribution is -2.17. The van der Waals surface area contributed by atoms with Crippen molar-refractivity contribution in [3.8, 4) is 11.5 Å². The number of carbonyl (C=O) groups excluding carboxylic acids is 2. The molecule has 2 rings (SSSR count). The van der Waals surface area contributed by atoms with Gasteiger partial charge in [0, 0.05) is 24.5 Å². The van der Waals surface area contributed by atoms with Gasteiger partial charge in [-0.25, -0.2) is 4.79 Å². The number of hydrogen-bond donors (Lipinski definition) is 2. The number of carbonyl (C=O) groups is 2. The number of halogens is 1. The summed E-state index contributed by atoms with van der Waals surface area (Å²) >= 11 is 6.05. The Morgan fingerprint density at radius 3 is 2.58 bits per heavy atom. The molecule has 128 valence electrons. The summed E-state index contributed by atoms with van der Waals surface area (Å²) in [5, 5.41) is 19.7. The van der Waals surface area contributed by atoms with Crippen molar-refractivity contribution in [1.82, 2.24) is 0 Å². The molecule has 1 aliphatic heterocycles. The minimum absolute atomic E-state index is 0.0635. The van der Waals surface area contributed by atoms with Gasteiger partial charge in [0.2, 0.25) is 0 Å². The Bertz CT molecular complexity index is 706. The molecule has 1 unspecified atom stereocenters. The standard InChI is InChI=1S/C18H19ClO5/c1-11-7-5-3-2-4-6-8-12(20)9-13-16(18(23)24-11)14(21)10-15(22)17(13)19/h3,5-6,8,10-11,21-22H,2,4,7,9H2,1H3/b5-3-,8-6-. The molecule has 0 radical (unpaired) electrons. The number of hydrogen-bond acceptors (Lipinski definition) is 5. The van der Waals surface area contributed by atoms with E-state index >= 15 is 0 Å². The van der Waals surface area contributed by atoms with Crippen LogP contribution in [0.25, 0.3) is 0 Å². The average Bonchev–Trinajstić information content (AvgIpc) is 2.50. The van der Waals surface area contributed by atoms with Crippen molar-refractivity contribution in [1.29, 1.82) is 0 Å². The van der Waals surface area contributed by atoms with Crippen LogP contribution in [-0.4, -0.2) is 28.1 Å². The molecule has 0 amide bonds. The number of esters is 1. The maximum atomic E-state index is 12.4. The highest BCUT2D eigenvalue weighted by molar-refractivity contribution is 6.33. The van der Waals surface area contributed by atoms with E-state index in [9.17, 15) is 19.8 Å². The molecule has 6 heteroatoms. The summed E-state index contributed by atoms with van der Waals surface area (Å²) in [5.74, 6) is -1.93. The number of ether oxygens (including phenoxy) is 1. The van der Waals surface area contributed by atoms with Crippen LogP contribution in [0.15, 0.2) is 30.4 Å². The second-order valence-corrected chi connectivity index (χ2v) is 6.01. The van der Waals surface area contributed by atoms with Crippen molar-refractivity contribution in [2.75, 3.05) is 0 Å². The van der Waals surface area contributed by atoms with Crippen molar-refractivity contribution in [2.24, 2.45) is 0 Å². The molecular formula is C18H19ClO5. The average molecular weight is 351 g/mol. The molecule has 1 aliphatic rings. The summed E-state index contributed by atoms with van der Waals surface area (Å²) in [6.45, 7) is 1.73. The van der Waals surface area contributed by atoms with Gasteiger partial charge in [-0.1, -0.05) is 29.8 Å². The Balaban J connectivity index is 2.49. The number of phenolic OH excluding ortho intramolecular Hbond substituents is 2. The normalized spacial score (nSPS) is 22.2. The van der Waals surface area contributed by atoms with Gasteiger partial charge in [0.25, 0.3) is 0 Å². The summed E-state index contributed by atoms with van der Waals surface area (Å²) < 4.78 is 5.31. The van der Waals surface area contributed by atoms with Crippen LogP contribution < -0.4 is 0 Å². The predicted molar refractivity (Wildman–Crippen MR) is 90.5 cm³/mol. The SMILES string of the molecule is CC1C/C=C\CC/C=C\C(=O)Cc2c(Cl)c(O)cc(O)c2C(=O)O1. The zero-order valence-electron chi connectivity index (χ0n) is 13.3. The topological polar surface area (TPSA) is 83.8 Å². The molecule has 1 atom stereocenters. The number of ketones is 1. The lowest BCUT2D eigenvalue weighted by atomic mass is 9.99. The Morgan fingerprint density at radius 2 is 1.83 bits per heavy atom. The first-order chi connectivity index (χ1) is 11.4. The number of fused-ring (bicyclic) bond motifs is 1. The van der Waals surface area contributed by atoms with E-state index in [2.05, 4.69) is 0 Å². The summed E-state index contributed by atoms with van der Waals surface area (Å²) in [4.78, 5) is 24.5. The largest absolute Gasteiger partial charge is 0.507 e. The molecule has 0 saturated heterocycles. The third-order valence-electron chi connectivity index (χ3n) is 3.62. The number of allylic oxidation sites excluding steroid dienone is 3. The van der Waals surface area contributed by atoms with Gasteiger partial charge >= 0.3 is 5.97 Å². The van der Waals surface area contributed by atoms with Gasteiger partial charge in [-0.2, -0.15) is 0 Å². The van der Waals surface area contributed by atoms with Gasteiger partial charge in [-0.15, -0.1) is 0 Å². The second-order valence-electron chi connectivity index (χ2n) is 5.63. The second kappa shape index (κ2) is 8.02. The van der Waals surface area contributed by atoms with E-state index in [-0.39, 0.29) is 28.4 Å². The summed E-state index contributed by atoms with van der Waals surface area (Å²) in [7, 11) is 0. The van der Waals surface area contributed by atoms with Crippen molar-refractivity contribution in [3.05, 3.63) is 46.5 Å².